The SMILES string of the molecule is O=C(/C=C/c1ccc(-c2ccc(Cl)cc2)s1)NCC(=O)Nc1ccc(-n2cncn2)cc1. The Morgan fingerprint density at radius 1 is 1.03 bits per heavy atom. The molecule has 2 aromatic carbocycles. The molecule has 2 aromatic heterocycles. The summed E-state index contributed by atoms with van der Waals surface area (Å²) in [5.74, 6) is -0.662. The molecule has 0 saturated heterocycles. The third-order valence-corrected chi connectivity index (χ3v) is 5.76. The number of hydrogen-bond acceptors (Lipinski definition) is 5. The van der Waals surface area contributed by atoms with E-state index in [2.05, 4.69) is 20.7 Å². The lowest BCUT2D eigenvalue weighted by Crippen LogP contribution is -2.31. The summed E-state index contributed by atoms with van der Waals surface area (Å²) in [5.41, 5.74) is 2.51. The zero-order valence-corrected chi connectivity index (χ0v) is 18.3. The number of nitrogens with one attached hydrogen (secondary N) is 2. The molecule has 4 rings (SSSR count). The van der Waals surface area contributed by atoms with Crippen molar-refractivity contribution >= 4 is 46.5 Å². The van der Waals surface area contributed by atoms with Crippen LogP contribution in [0, 0.1) is 0 Å². The molecule has 0 unspecified atom stereocenters. The maximum atomic E-state index is 12.1. The lowest BCUT2D eigenvalue weighted by molar-refractivity contribution is -0.121. The van der Waals surface area contributed by atoms with Crippen molar-refractivity contribution in [3.05, 3.63) is 89.3 Å². The van der Waals surface area contributed by atoms with E-state index in [1.165, 1.54) is 12.4 Å². The topological polar surface area (TPSA) is 88.9 Å². The van der Waals surface area contributed by atoms with Gasteiger partial charge in [0, 0.05) is 26.5 Å². The molecule has 2 amide bonds. The molecule has 2 N–H and O–H groups in total. The van der Waals surface area contributed by atoms with E-state index in [0.29, 0.717) is 10.7 Å². The fourth-order valence-corrected chi connectivity index (χ4v) is 3.88. The Bertz CT molecular complexity index is 1230. The van der Waals surface area contributed by atoms with E-state index >= 15 is 0 Å². The van der Waals surface area contributed by atoms with Gasteiger partial charge in [-0.05, 0) is 60.2 Å². The number of carbonyl (C=O) groups is 2. The quantitative estimate of drug-likeness (QED) is 0.397. The van der Waals surface area contributed by atoms with Gasteiger partial charge in [0.15, 0.2) is 0 Å². The molecule has 32 heavy (non-hydrogen) atoms. The van der Waals surface area contributed by atoms with Crippen molar-refractivity contribution in [2.75, 3.05) is 11.9 Å². The van der Waals surface area contributed by atoms with Crippen LogP contribution in [0.25, 0.3) is 22.2 Å². The monoisotopic (exact) mass is 463 g/mol. The van der Waals surface area contributed by atoms with Crippen molar-refractivity contribution in [2.45, 2.75) is 0 Å². The van der Waals surface area contributed by atoms with Gasteiger partial charge in [0.1, 0.15) is 12.7 Å². The fraction of sp³-hybridized carbons (Fsp3) is 0.0435. The van der Waals surface area contributed by atoms with E-state index in [-0.39, 0.29) is 18.4 Å². The van der Waals surface area contributed by atoms with Gasteiger partial charge >= 0.3 is 0 Å². The minimum Gasteiger partial charge on any atom is -0.343 e. The van der Waals surface area contributed by atoms with Gasteiger partial charge in [-0.2, -0.15) is 5.10 Å². The summed E-state index contributed by atoms with van der Waals surface area (Å²) in [5, 5.41) is 10.1. The average molecular weight is 464 g/mol. The van der Waals surface area contributed by atoms with Crippen LogP contribution in [0.2, 0.25) is 5.02 Å². The van der Waals surface area contributed by atoms with Crippen LogP contribution in [-0.4, -0.2) is 33.1 Å². The lowest BCUT2D eigenvalue weighted by atomic mass is 10.2. The van der Waals surface area contributed by atoms with E-state index in [1.54, 1.807) is 40.6 Å². The summed E-state index contributed by atoms with van der Waals surface area (Å²) < 4.78 is 1.62. The van der Waals surface area contributed by atoms with Crippen LogP contribution in [0.5, 0.6) is 0 Å². The first-order chi connectivity index (χ1) is 15.6. The number of carbonyl (C=O) groups excluding carboxylic acids is 2. The molecule has 7 nitrogen and oxygen atoms in total. The van der Waals surface area contributed by atoms with Crippen molar-refractivity contribution in [3.63, 3.8) is 0 Å². The third kappa shape index (κ3) is 5.69. The summed E-state index contributed by atoms with van der Waals surface area (Å²) >= 11 is 7.49. The maximum absolute atomic E-state index is 12.1. The highest BCUT2D eigenvalue weighted by molar-refractivity contribution is 7.16. The standard InChI is InChI=1S/C23H18ClN5O2S/c24-17-3-1-16(2-4-17)21-11-9-20(32-21)10-12-22(30)26-13-23(31)28-18-5-7-19(8-6-18)29-15-25-14-27-29/h1-12,14-15H,13H2,(H,26,30)(H,28,31)/b12-10+. The minimum absolute atomic E-state index is 0.130. The highest BCUT2D eigenvalue weighted by Gasteiger charge is 2.06. The molecular formula is C23H18ClN5O2S. The Morgan fingerprint density at radius 3 is 2.53 bits per heavy atom. The maximum Gasteiger partial charge on any atom is 0.244 e. The molecule has 0 atom stereocenters. The van der Waals surface area contributed by atoms with Crippen molar-refractivity contribution < 1.29 is 9.59 Å². The molecule has 0 bridgehead atoms. The minimum atomic E-state index is -0.344. The molecule has 0 aliphatic heterocycles. The normalized spacial score (nSPS) is 10.9. The summed E-state index contributed by atoms with van der Waals surface area (Å²) in [6, 6.07) is 18.7. The first-order valence-electron chi connectivity index (χ1n) is 9.63. The Morgan fingerprint density at radius 2 is 1.81 bits per heavy atom. The van der Waals surface area contributed by atoms with Crippen molar-refractivity contribution in [2.24, 2.45) is 0 Å². The highest BCUT2D eigenvalue weighted by atomic mass is 35.5. The zero-order chi connectivity index (χ0) is 22.3. The molecule has 0 radical (unpaired) electrons. The van der Waals surface area contributed by atoms with Crippen LogP contribution in [0.15, 0.2) is 79.4 Å². The first kappa shape index (κ1) is 21.5. The van der Waals surface area contributed by atoms with Crippen molar-refractivity contribution in [1.29, 1.82) is 0 Å². The van der Waals surface area contributed by atoms with Crippen LogP contribution >= 0.6 is 22.9 Å². The van der Waals surface area contributed by atoms with Gasteiger partial charge < -0.3 is 10.6 Å². The number of benzene rings is 2. The van der Waals surface area contributed by atoms with Crippen LogP contribution in [0.1, 0.15) is 4.88 Å². The Hall–Kier alpha value is -3.75. The molecule has 9 heteroatoms. The van der Waals surface area contributed by atoms with Gasteiger partial charge in [-0.1, -0.05) is 23.7 Å². The van der Waals surface area contributed by atoms with E-state index in [0.717, 1.165) is 21.0 Å². The molecule has 4 aromatic rings. The number of amides is 2. The van der Waals surface area contributed by atoms with Gasteiger partial charge in [0.25, 0.3) is 0 Å². The van der Waals surface area contributed by atoms with Gasteiger partial charge in [-0.3, -0.25) is 9.59 Å². The Balaban J connectivity index is 1.25. The molecule has 0 aliphatic rings. The average Bonchev–Trinajstić information content (AvgIpc) is 3.50. The number of halogens is 1. The van der Waals surface area contributed by atoms with Gasteiger partial charge in [0.05, 0.1) is 12.2 Å². The summed E-state index contributed by atoms with van der Waals surface area (Å²) in [6.07, 6.45) is 6.17. The molecule has 2 heterocycles. The smallest absolute Gasteiger partial charge is 0.244 e. The van der Waals surface area contributed by atoms with E-state index < -0.39 is 0 Å². The van der Waals surface area contributed by atoms with E-state index in [9.17, 15) is 9.59 Å². The summed E-state index contributed by atoms with van der Waals surface area (Å²) in [7, 11) is 0. The van der Waals surface area contributed by atoms with Gasteiger partial charge in [-0.25, -0.2) is 9.67 Å². The molecule has 0 spiro atoms. The predicted molar refractivity (Wildman–Crippen MR) is 127 cm³/mol. The van der Waals surface area contributed by atoms with Gasteiger partial charge in [-0.15, -0.1) is 11.3 Å². The van der Waals surface area contributed by atoms with Crippen LogP contribution in [-0.2, 0) is 9.59 Å². The number of aromatic nitrogens is 3. The molecule has 160 valence electrons. The molecule has 0 fully saturated rings. The number of thiophene rings is 1. The predicted octanol–water partition coefficient (Wildman–Crippen LogP) is 4.42. The Kier molecular flexibility index (Phi) is 6.74. The second-order valence-corrected chi connectivity index (χ2v) is 8.25. The van der Waals surface area contributed by atoms with E-state index in [1.807, 2.05) is 48.5 Å². The first-order valence-corrected chi connectivity index (χ1v) is 10.8. The molecule has 0 saturated carbocycles. The second kappa shape index (κ2) is 10.0. The zero-order valence-electron chi connectivity index (χ0n) is 16.7. The third-order valence-electron chi connectivity index (χ3n) is 4.41. The fourth-order valence-electron chi connectivity index (χ4n) is 2.84. The van der Waals surface area contributed by atoms with Gasteiger partial charge in [0.2, 0.25) is 11.8 Å². The number of hydrogen-bond donors (Lipinski definition) is 2. The van der Waals surface area contributed by atoms with Crippen LogP contribution in [0.3, 0.4) is 0 Å². The number of anilines is 1. The molecule has 0 aliphatic carbocycles. The second-order valence-electron chi connectivity index (χ2n) is 6.70. The summed E-state index contributed by atoms with van der Waals surface area (Å²) in [4.78, 5) is 30.1. The van der Waals surface area contributed by atoms with Crippen LogP contribution in [0.4, 0.5) is 5.69 Å². The van der Waals surface area contributed by atoms with Crippen molar-refractivity contribution in [1.82, 2.24) is 20.1 Å². The van der Waals surface area contributed by atoms with Crippen molar-refractivity contribution in [3.8, 4) is 16.1 Å². The lowest BCUT2D eigenvalue weighted by Gasteiger charge is -2.07. The number of rotatable bonds is 7. The highest BCUT2D eigenvalue weighted by Crippen LogP contribution is 2.29. The van der Waals surface area contributed by atoms with Crippen LogP contribution < -0.4 is 10.6 Å². The largest absolute Gasteiger partial charge is 0.343 e. The molecular weight excluding hydrogens is 446 g/mol. The number of nitrogens with zero attached hydrogens (tertiary/aromatic N) is 3. The van der Waals surface area contributed by atoms with E-state index in [4.69, 9.17) is 11.6 Å². The Labute approximate surface area is 193 Å². The summed E-state index contributed by atoms with van der Waals surface area (Å²) in [6.45, 7) is -0.130.